The third-order valence-electron chi connectivity index (χ3n) is 3.01. The van der Waals surface area contributed by atoms with E-state index in [4.69, 9.17) is 0 Å². The highest BCUT2D eigenvalue weighted by atomic mass is 32.2. The molecule has 1 saturated heterocycles. The first kappa shape index (κ1) is 10.5. The molecule has 0 saturated carbocycles. The van der Waals surface area contributed by atoms with E-state index in [9.17, 15) is 13.2 Å². The molecule has 6 nitrogen and oxygen atoms in total. The largest absolute Gasteiger partial charge is 0.290 e. The number of hydrogen-bond donors (Lipinski definition) is 1. The molecule has 7 heteroatoms. The molecular weight excluding hydrogens is 242 g/mol. The molecule has 1 aliphatic rings. The predicted molar refractivity (Wildman–Crippen MR) is 61.6 cm³/mol. The van der Waals surface area contributed by atoms with Crippen LogP contribution < -0.4 is 5.43 Å². The molecule has 0 bridgehead atoms. The van der Waals surface area contributed by atoms with Gasteiger partial charge in [0, 0.05) is 18.3 Å². The summed E-state index contributed by atoms with van der Waals surface area (Å²) in [7, 11) is -3.08. The van der Waals surface area contributed by atoms with Gasteiger partial charge in [0.25, 0.3) is 0 Å². The molecule has 0 amide bonds. The number of aromatic nitrogens is 3. The van der Waals surface area contributed by atoms with Crippen molar-refractivity contribution in [3.05, 3.63) is 34.4 Å². The second-order valence-corrected chi connectivity index (χ2v) is 6.50. The van der Waals surface area contributed by atoms with E-state index in [2.05, 4.69) is 10.1 Å². The van der Waals surface area contributed by atoms with Crippen LogP contribution in [0, 0.1) is 0 Å². The summed E-state index contributed by atoms with van der Waals surface area (Å²) < 4.78 is 25.1. The van der Waals surface area contributed by atoms with Crippen LogP contribution in [-0.4, -0.2) is 28.8 Å². The van der Waals surface area contributed by atoms with Gasteiger partial charge >= 0.3 is 0 Å². The molecule has 2 aromatic rings. The van der Waals surface area contributed by atoms with Gasteiger partial charge in [-0.2, -0.15) is 0 Å². The zero-order chi connectivity index (χ0) is 12.0. The lowest BCUT2D eigenvalue weighted by Crippen LogP contribution is -2.09. The molecule has 3 rings (SSSR count). The summed E-state index contributed by atoms with van der Waals surface area (Å²) in [6.45, 7) is 0. The Labute approximate surface area is 97.2 Å². The van der Waals surface area contributed by atoms with Crippen molar-refractivity contribution < 1.29 is 8.42 Å². The van der Waals surface area contributed by atoms with Crippen molar-refractivity contribution in [3.8, 4) is 0 Å². The smallest absolute Gasteiger partial charge is 0.183 e. The number of hydrogen-bond acceptors (Lipinski definition) is 4. The lowest BCUT2D eigenvalue weighted by atomic mass is 10.2. The Balaban J connectivity index is 2.16. The van der Waals surface area contributed by atoms with Crippen molar-refractivity contribution in [2.45, 2.75) is 18.1 Å². The Morgan fingerprint density at radius 2 is 2.29 bits per heavy atom. The normalized spacial score (nSPS) is 23.2. The van der Waals surface area contributed by atoms with Crippen LogP contribution in [0.1, 0.15) is 23.9 Å². The van der Waals surface area contributed by atoms with E-state index in [1.807, 2.05) is 0 Å². The van der Waals surface area contributed by atoms with E-state index in [1.54, 1.807) is 10.7 Å². The van der Waals surface area contributed by atoms with Crippen LogP contribution in [0.15, 0.2) is 23.1 Å². The summed E-state index contributed by atoms with van der Waals surface area (Å²) in [5.74, 6) is 0.639. The molecule has 0 aromatic carbocycles. The Bertz CT molecular complexity index is 729. The number of aromatic amines is 1. The maximum Gasteiger partial charge on any atom is 0.183 e. The minimum Gasteiger partial charge on any atom is -0.290 e. The van der Waals surface area contributed by atoms with Crippen LogP contribution >= 0.6 is 0 Å². The van der Waals surface area contributed by atoms with E-state index in [0.29, 0.717) is 24.3 Å². The highest BCUT2D eigenvalue weighted by molar-refractivity contribution is 7.91. The van der Waals surface area contributed by atoms with Gasteiger partial charge < -0.3 is 0 Å². The van der Waals surface area contributed by atoms with Gasteiger partial charge in [0.2, 0.25) is 0 Å². The van der Waals surface area contributed by atoms with Crippen LogP contribution in [0.2, 0.25) is 0 Å². The lowest BCUT2D eigenvalue weighted by molar-refractivity contribution is 0.588. The van der Waals surface area contributed by atoms with Gasteiger partial charge in [-0.25, -0.2) is 17.9 Å². The third-order valence-corrected chi connectivity index (χ3v) is 5.19. The molecular formula is C10H11N3O3S. The van der Waals surface area contributed by atoms with Gasteiger partial charge in [-0.05, 0) is 12.8 Å². The van der Waals surface area contributed by atoms with Gasteiger partial charge in [-0.15, -0.1) is 0 Å². The maximum absolute atomic E-state index is 11.8. The van der Waals surface area contributed by atoms with Crippen molar-refractivity contribution >= 4 is 15.5 Å². The molecule has 1 N–H and O–H groups in total. The number of sulfone groups is 1. The summed E-state index contributed by atoms with van der Waals surface area (Å²) in [5.41, 5.74) is 0.312. The lowest BCUT2D eigenvalue weighted by Gasteiger charge is -2.03. The Morgan fingerprint density at radius 1 is 1.47 bits per heavy atom. The highest BCUT2D eigenvalue weighted by Crippen LogP contribution is 2.32. The summed E-state index contributed by atoms with van der Waals surface area (Å²) in [5, 5.41) is 2.35. The fourth-order valence-corrected chi connectivity index (χ4v) is 3.99. The van der Waals surface area contributed by atoms with Crippen molar-refractivity contribution in [2.75, 3.05) is 5.75 Å². The monoisotopic (exact) mass is 253 g/mol. The van der Waals surface area contributed by atoms with Gasteiger partial charge in [-0.1, -0.05) is 0 Å². The molecule has 3 heterocycles. The molecule has 2 aromatic heterocycles. The molecule has 0 aliphatic carbocycles. The first-order valence-electron chi connectivity index (χ1n) is 5.36. The second kappa shape index (κ2) is 3.43. The predicted octanol–water partition coefficient (Wildman–Crippen LogP) is 0.272. The van der Waals surface area contributed by atoms with Crippen LogP contribution in [0.25, 0.3) is 5.65 Å². The van der Waals surface area contributed by atoms with Crippen molar-refractivity contribution in [1.29, 1.82) is 0 Å². The van der Waals surface area contributed by atoms with E-state index >= 15 is 0 Å². The van der Waals surface area contributed by atoms with Crippen LogP contribution in [0.3, 0.4) is 0 Å². The molecule has 1 fully saturated rings. The zero-order valence-electron chi connectivity index (χ0n) is 8.96. The number of H-pyrrole nitrogens is 1. The fourth-order valence-electron chi connectivity index (χ4n) is 2.16. The summed E-state index contributed by atoms with van der Waals surface area (Å²) in [6.07, 6.45) is 2.81. The van der Waals surface area contributed by atoms with E-state index in [1.165, 1.54) is 12.1 Å². The Hall–Kier alpha value is -1.63. The van der Waals surface area contributed by atoms with Gasteiger partial charge in [0.15, 0.2) is 20.9 Å². The number of rotatable bonds is 1. The van der Waals surface area contributed by atoms with Gasteiger partial charge in [0.05, 0.1) is 5.75 Å². The van der Waals surface area contributed by atoms with Crippen molar-refractivity contribution in [3.63, 3.8) is 0 Å². The number of nitrogens with zero attached hydrogens (tertiary/aromatic N) is 2. The van der Waals surface area contributed by atoms with Gasteiger partial charge in [0.1, 0.15) is 11.1 Å². The molecule has 0 spiro atoms. The topological polar surface area (TPSA) is 84.3 Å². The van der Waals surface area contributed by atoms with Crippen LogP contribution in [-0.2, 0) is 9.84 Å². The minimum absolute atomic E-state index is 0.141. The number of pyridine rings is 1. The average Bonchev–Trinajstić information content (AvgIpc) is 2.79. The first-order chi connectivity index (χ1) is 8.06. The quantitative estimate of drug-likeness (QED) is 0.790. The molecule has 1 atom stereocenters. The minimum atomic E-state index is -3.08. The van der Waals surface area contributed by atoms with Crippen LogP contribution in [0.4, 0.5) is 0 Å². The molecule has 1 unspecified atom stereocenters. The first-order valence-corrected chi connectivity index (χ1v) is 7.08. The van der Waals surface area contributed by atoms with E-state index in [0.717, 1.165) is 0 Å². The Kier molecular flexibility index (Phi) is 2.12. The van der Waals surface area contributed by atoms with Crippen molar-refractivity contribution in [1.82, 2.24) is 14.6 Å². The molecule has 1 aliphatic heterocycles. The van der Waals surface area contributed by atoms with E-state index < -0.39 is 15.1 Å². The fraction of sp³-hybridized carbons (Fsp3) is 0.400. The second-order valence-electron chi connectivity index (χ2n) is 4.20. The molecule has 90 valence electrons. The number of nitrogens with one attached hydrogen (secondary N) is 1. The third kappa shape index (κ3) is 1.66. The molecule has 0 radical (unpaired) electrons. The standard InChI is InChI=1S/C10H11N3O3S/c14-7-3-4-13-9(6-7)11-10(12-13)8-2-1-5-17(8,15)16/h3-4,6,8H,1-2,5H2,(H,11,12). The summed E-state index contributed by atoms with van der Waals surface area (Å²) >= 11 is 0. The molecule has 17 heavy (non-hydrogen) atoms. The number of fused-ring (bicyclic) bond motifs is 1. The summed E-state index contributed by atoms with van der Waals surface area (Å²) in [6, 6.07) is 2.78. The van der Waals surface area contributed by atoms with E-state index in [-0.39, 0.29) is 11.2 Å². The average molecular weight is 253 g/mol. The SMILES string of the molecule is O=c1ccn2[nH]c(C3CCCS3(=O)=O)nc2c1. The summed E-state index contributed by atoms with van der Waals surface area (Å²) in [4.78, 5) is 15.3. The van der Waals surface area contributed by atoms with Crippen LogP contribution in [0.5, 0.6) is 0 Å². The Morgan fingerprint density at radius 3 is 3.00 bits per heavy atom. The highest BCUT2D eigenvalue weighted by Gasteiger charge is 2.35. The maximum atomic E-state index is 11.8. The van der Waals surface area contributed by atoms with Gasteiger partial charge in [-0.3, -0.25) is 9.89 Å². The zero-order valence-corrected chi connectivity index (χ0v) is 9.77. The van der Waals surface area contributed by atoms with Crippen molar-refractivity contribution in [2.24, 2.45) is 0 Å².